The summed E-state index contributed by atoms with van der Waals surface area (Å²) in [7, 11) is -3.80. The summed E-state index contributed by atoms with van der Waals surface area (Å²) in [6.45, 7) is 0.450. The maximum Gasteiger partial charge on any atom is 0.362 e. The van der Waals surface area contributed by atoms with Gasteiger partial charge in [0.15, 0.2) is 10.8 Å². The first-order valence-electron chi connectivity index (χ1n) is 8.17. The van der Waals surface area contributed by atoms with Crippen molar-refractivity contribution in [2.24, 2.45) is 5.16 Å². The van der Waals surface area contributed by atoms with Crippen molar-refractivity contribution in [3.8, 4) is 0 Å². The van der Waals surface area contributed by atoms with E-state index in [0.717, 1.165) is 25.4 Å². The number of carbonyl (C=O) groups is 4. The summed E-state index contributed by atoms with van der Waals surface area (Å²) in [4.78, 5) is 55.8. The molecule has 2 rings (SSSR count). The average Bonchev–Trinajstić information content (AvgIpc) is 3.13. The molecule has 2 atom stereocenters. The van der Waals surface area contributed by atoms with Gasteiger partial charge in [-0.2, -0.15) is 8.42 Å². The Morgan fingerprint density at radius 2 is 2.10 bits per heavy atom. The van der Waals surface area contributed by atoms with Crippen molar-refractivity contribution in [2.75, 3.05) is 24.9 Å². The highest BCUT2D eigenvalue weighted by Crippen LogP contribution is 2.24. The molecule has 0 radical (unpaired) electrons. The molecular formula is C14H16ClN5O9S2. The fraction of sp³-hybridized carbons (Fsp3) is 0.429. The number of alkyl halides is 1. The molecule has 170 valence electrons. The minimum atomic E-state index is -4.95. The highest BCUT2D eigenvalue weighted by Gasteiger charge is 2.54. The molecule has 31 heavy (non-hydrogen) atoms. The van der Waals surface area contributed by atoms with Crippen LogP contribution in [0.1, 0.15) is 12.6 Å². The van der Waals surface area contributed by atoms with E-state index in [1.807, 2.05) is 0 Å². The molecule has 17 heteroatoms. The molecule has 2 unspecified atom stereocenters. The van der Waals surface area contributed by atoms with Gasteiger partial charge in [0.05, 0.1) is 0 Å². The van der Waals surface area contributed by atoms with Crippen molar-refractivity contribution in [3.05, 3.63) is 11.1 Å². The van der Waals surface area contributed by atoms with Gasteiger partial charge in [-0.3, -0.25) is 23.7 Å². The van der Waals surface area contributed by atoms with Crippen molar-refractivity contribution in [1.82, 2.24) is 14.6 Å². The minimum absolute atomic E-state index is 0.0239. The third kappa shape index (κ3) is 5.87. The fourth-order valence-corrected chi connectivity index (χ4v) is 4.07. The van der Waals surface area contributed by atoms with E-state index in [-0.39, 0.29) is 21.0 Å². The van der Waals surface area contributed by atoms with E-state index in [9.17, 15) is 32.1 Å². The van der Waals surface area contributed by atoms with E-state index >= 15 is 0 Å². The Balaban J connectivity index is 2.21. The van der Waals surface area contributed by atoms with Gasteiger partial charge in [-0.15, -0.1) is 22.9 Å². The first kappa shape index (κ1) is 24.4. The van der Waals surface area contributed by atoms with Crippen LogP contribution >= 0.6 is 22.9 Å². The number of β-lactam (4-membered cyclic amide) rings is 1. The highest BCUT2D eigenvalue weighted by molar-refractivity contribution is 7.84. The van der Waals surface area contributed by atoms with Crippen LogP contribution in [0.15, 0.2) is 10.5 Å². The Morgan fingerprint density at radius 1 is 1.42 bits per heavy atom. The molecule has 1 aliphatic heterocycles. The number of oxime groups is 1. The van der Waals surface area contributed by atoms with E-state index in [4.69, 9.17) is 16.3 Å². The lowest BCUT2D eigenvalue weighted by atomic mass is 9.99. The van der Waals surface area contributed by atoms with Crippen molar-refractivity contribution in [3.63, 3.8) is 0 Å². The summed E-state index contributed by atoms with van der Waals surface area (Å²) in [5.41, 5.74) is -0.418. The van der Waals surface area contributed by atoms with Crippen LogP contribution in [0.4, 0.5) is 5.13 Å². The number of nitrogens with zero attached hydrogens (tertiary/aromatic N) is 3. The molecule has 3 N–H and O–H groups in total. The molecule has 0 aliphatic carbocycles. The summed E-state index contributed by atoms with van der Waals surface area (Å²) < 4.78 is 36.8. The Kier molecular flexibility index (Phi) is 7.88. The second kappa shape index (κ2) is 9.99. The predicted molar refractivity (Wildman–Crippen MR) is 106 cm³/mol. The molecule has 0 spiro atoms. The number of carbonyl (C=O) groups excluding carboxylic acids is 4. The van der Waals surface area contributed by atoms with E-state index in [1.165, 1.54) is 5.38 Å². The van der Waals surface area contributed by atoms with Crippen LogP contribution in [0.25, 0.3) is 0 Å². The topological polar surface area (TPSA) is 194 Å². The van der Waals surface area contributed by atoms with Crippen LogP contribution in [-0.2, 0) is 39.1 Å². The molecule has 1 saturated heterocycles. The molecule has 0 aromatic carbocycles. The van der Waals surface area contributed by atoms with Crippen LogP contribution in [0.2, 0.25) is 0 Å². The van der Waals surface area contributed by atoms with Crippen molar-refractivity contribution in [2.45, 2.75) is 19.0 Å². The van der Waals surface area contributed by atoms with Crippen molar-refractivity contribution < 1.29 is 41.7 Å². The third-order valence-electron chi connectivity index (χ3n) is 3.67. The van der Waals surface area contributed by atoms with E-state index in [1.54, 1.807) is 0 Å². The number of rotatable bonds is 9. The van der Waals surface area contributed by atoms with E-state index in [2.05, 4.69) is 25.6 Å². The highest BCUT2D eigenvalue weighted by atomic mass is 35.5. The molecule has 1 fully saturated rings. The normalized spacial score (nSPS) is 18.8. The summed E-state index contributed by atoms with van der Waals surface area (Å²) >= 11 is 6.35. The van der Waals surface area contributed by atoms with Crippen LogP contribution in [-0.4, -0.2) is 83.3 Å². The van der Waals surface area contributed by atoms with Gasteiger partial charge >= 0.3 is 16.3 Å². The Bertz CT molecular complexity index is 1030. The number of anilines is 1. The first-order valence-corrected chi connectivity index (χ1v) is 11.0. The summed E-state index contributed by atoms with van der Waals surface area (Å²) in [6.07, 6.45) is 0. The molecule has 3 amide bonds. The second-order valence-corrected chi connectivity index (χ2v) is 8.19. The van der Waals surface area contributed by atoms with Crippen molar-refractivity contribution >= 4 is 67.8 Å². The lowest BCUT2D eigenvalue weighted by molar-refractivity contribution is -0.154. The molecule has 0 bridgehead atoms. The van der Waals surface area contributed by atoms with Gasteiger partial charge in [-0.05, 0) is 0 Å². The SMILES string of the molecule is CON=C(C(=O)NC1C(=O)N(S(=O)(=O)O)C1COC(C)=O)c1csc(NC(=O)CCl)n1. The van der Waals surface area contributed by atoms with Crippen LogP contribution < -0.4 is 10.6 Å². The second-order valence-electron chi connectivity index (χ2n) is 5.78. The Labute approximate surface area is 184 Å². The minimum Gasteiger partial charge on any atom is -0.464 e. The Hall–Kier alpha value is -2.82. The fourth-order valence-electron chi connectivity index (χ4n) is 2.43. The molecule has 1 aromatic rings. The van der Waals surface area contributed by atoms with Gasteiger partial charge in [0.2, 0.25) is 5.91 Å². The number of hydrogen-bond donors (Lipinski definition) is 3. The van der Waals surface area contributed by atoms with Gasteiger partial charge < -0.3 is 20.2 Å². The van der Waals surface area contributed by atoms with Gasteiger partial charge in [0.1, 0.15) is 37.4 Å². The first-order chi connectivity index (χ1) is 14.5. The molecule has 0 saturated carbocycles. The molecule has 14 nitrogen and oxygen atoms in total. The summed E-state index contributed by atoms with van der Waals surface area (Å²) in [5, 5.41) is 9.64. The monoisotopic (exact) mass is 497 g/mol. The van der Waals surface area contributed by atoms with Gasteiger partial charge in [0.25, 0.3) is 11.8 Å². The van der Waals surface area contributed by atoms with Crippen LogP contribution in [0, 0.1) is 0 Å². The smallest absolute Gasteiger partial charge is 0.362 e. The molecule has 1 aromatic heterocycles. The zero-order valence-electron chi connectivity index (χ0n) is 15.9. The lowest BCUT2D eigenvalue weighted by Gasteiger charge is -2.43. The van der Waals surface area contributed by atoms with Crippen LogP contribution in [0.3, 0.4) is 0 Å². The maximum absolute atomic E-state index is 12.7. The Morgan fingerprint density at radius 3 is 2.65 bits per heavy atom. The number of halogens is 1. The van der Waals surface area contributed by atoms with Gasteiger partial charge in [0, 0.05) is 12.3 Å². The quantitative estimate of drug-likeness (QED) is 0.0924. The van der Waals surface area contributed by atoms with E-state index < -0.39 is 58.4 Å². The lowest BCUT2D eigenvalue weighted by Crippen LogP contribution is -2.73. The number of thiazole rings is 1. The molecule has 1 aliphatic rings. The standard InChI is InChI=1S/C14H16ClN5O9S2/c1-6(21)29-4-8-11(13(24)20(8)31(25,26)27)18-12(23)10(19-28-2)7-5-30-14(16-7)17-9(22)3-15/h5,8,11H,3-4H2,1-2H3,(H,18,23)(H,16,17,22)(H,25,26,27). The zero-order chi connectivity index (χ0) is 23.3. The summed E-state index contributed by atoms with van der Waals surface area (Å²) in [5.74, 6) is -3.75. The number of amides is 3. The van der Waals surface area contributed by atoms with E-state index in [0.29, 0.717) is 0 Å². The van der Waals surface area contributed by atoms with Crippen molar-refractivity contribution in [1.29, 1.82) is 0 Å². The van der Waals surface area contributed by atoms with Crippen LogP contribution in [0.5, 0.6) is 0 Å². The molecule has 2 heterocycles. The third-order valence-corrected chi connectivity index (χ3v) is 5.62. The zero-order valence-corrected chi connectivity index (χ0v) is 18.3. The summed E-state index contributed by atoms with van der Waals surface area (Å²) in [6, 6.07) is -2.84. The van der Waals surface area contributed by atoms with Gasteiger partial charge in [-0.25, -0.2) is 9.29 Å². The van der Waals surface area contributed by atoms with Gasteiger partial charge in [-0.1, -0.05) is 5.16 Å². The number of nitrogens with one attached hydrogen (secondary N) is 2. The number of ether oxygens (including phenoxy) is 1. The maximum atomic E-state index is 12.7. The molecular weight excluding hydrogens is 482 g/mol. The number of esters is 1. The predicted octanol–water partition coefficient (Wildman–Crippen LogP) is -1.27. The number of hydrogen-bond acceptors (Lipinski definition) is 11. The number of aromatic nitrogens is 1. The largest absolute Gasteiger partial charge is 0.464 e. The average molecular weight is 498 g/mol.